The molecule has 0 bridgehead atoms. The van der Waals surface area contributed by atoms with E-state index >= 15 is 0 Å². The van der Waals surface area contributed by atoms with Gasteiger partial charge in [-0.25, -0.2) is 0 Å². The van der Waals surface area contributed by atoms with Gasteiger partial charge in [-0.2, -0.15) is 0 Å². The lowest BCUT2D eigenvalue weighted by atomic mass is 9.99. The van der Waals surface area contributed by atoms with Crippen LogP contribution in [-0.2, 0) is 4.74 Å². The van der Waals surface area contributed by atoms with Gasteiger partial charge in [-0.3, -0.25) is 0 Å². The minimum atomic E-state index is -0.0187. The number of benzene rings is 1. The highest BCUT2D eigenvalue weighted by Crippen LogP contribution is 2.18. The van der Waals surface area contributed by atoms with E-state index in [-0.39, 0.29) is 18.7 Å². The van der Waals surface area contributed by atoms with Gasteiger partial charge in [0.05, 0.1) is 19.3 Å². The molecule has 3 heteroatoms. The highest BCUT2D eigenvalue weighted by Gasteiger charge is 2.12. The van der Waals surface area contributed by atoms with Crippen molar-refractivity contribution in [1.82, 2.24) is 5.32 Å². The second-order valence-electron chi connectivity index (χ2n) is 5.04. The topological polar surface area (TPSA) is 41.5 Å². The molecule has 0 aromatic heterocycles. The average molecular weight is 251 g/mol. The van der Waals surface area contributed by atoms with Crippen molar-refractivity contribution in [2.45, 2.75) is 38.8 Å². The Hall–Kier alpha value is -0.900. The van der Waals surface area contributed by atoms with Gasteiger partial charge in [0, 0.05) is 13.2 Å². The smallest absolute Gasteiger partial charge is 0.0638 e. The molecule has 1 rings (SSSR count). The van der Waals surface area contributed by atoms with Crippen LogP contribution in [0.5, 0.6) is 0 Å². The van der Waals surface area contributed by atoms with E-state index < -0.39 is 0 Å². The first-order valence-corrected chi connectivity index (χ1v) is 6.54. The molecule has 102 valence electrons. The summed E-state index contributed by atoms with van der Waals surface area (Å²) in [5, 5.41) is 12.6. The summed E-state index contributed by atoms with van der Waals surface area (Å²) >= 11 is 0. The Labute approximate surface area is 110 Å². The van der Waals surface area contributed by atoms with Gasteiger partial charge in [-0.1, -0.05) is 38.1 Å². The molecule has 0 radical (unpaired) electrons. The van der Waals surface area contributed by atoms with Crippen LogP contribution in [0.1, 0.15) is 43.9 Å². The molecule has 18 heavy (non-hydrogen) atoms. The summed E-state index contributed by atoms with van der Waals surface area (Å²) in [4.78, 5) is 0. The number of aliphatic hydroxyl groups is 1. The molecule has 3 nitrogen and oxygen atoms in total. The Morgan fingerprint density at radius 2 is 1.67 bits per heavy atom. The summed E-state index contributed by atoms with van der Waals surface area (Å²) in [6.07, 6.45) is 0. The van der Waals surface area contributed by atoms with Gasteiger partial charge in [0.25, 0.3) is 0 Å². The Balaban J connectivity index is 2.63. The Morgan fingerprint density at radius 1 is 1.11 bits per heavy atom. The summed E-state index contributed by atoms with van der Waals surface area (Å²) in [6, 6.07) is 8.82. The molecule has 2 N–H and O–H groups in total. The van der Waals surface area contributed by atoms with Crippen molar-refractivity contribution in [3.05, 3.63) is 35.4 Å². The molecule has 0 amide bonds. The molecule has 0 heterocycles. The van der Waals surface area contributed by atoms with Crippen molar-refractivity contribution in [2.24, 2.45) is 0 Å². The van der Waals surface area contributed by atoms with Crippen molar-refractivity contribution in [3.8, 4) is 0 Å². The third kappa shape index (κ3) is 4.41. The van der Waals surface area contributed by atoms with Crippen LogP contribution in [0.3, 0.4) is 0 Å². The van der Waals surface area contributed by atoms with E-state index in [9.17, 15) is 5.11 Å². The van der Waals surface area contributed by atoms with Gasteiger partial charge in [0.15, 0.2) is 0 Å². The number of aliphatic hydroxyl groups excluding tert-OH is 1. The number of hydrogen-bond donors (Lipinski definition) is 2. The normalized spacial score (nSPS) is 14.8. The van der Waals surface area contributed by atoms with E-state index in [1.807, 2.05) is 0 Å². The molecule has 0 saturated heterocycles. The molecule has 0 saturated carbocycles. The van der Waals surface area contributed by atoms with Crippen LogP contribution >= 0.6 is 0 Å². The van der Waals surface area contributed by atoms with Crippen LogP contribution in [-0.4, -0.2) is 31.5 Å². The SMILES string of the molecule is COCC(CO)NC(C)c1ccc(C(C)C)cc1. The number of nitrogens with one attached hydrogen (secondary N) is 1. The Kier molecular flexibility index (Phi) is 6.33. The maximum Gasteiger partial charge on any atom is 0.0638 e. The van der Waals surface area contributed by atoms with Gasteiger partial charge in [-0.15, -0.1) is 0 Å². The van der Waals surface area contributed by atoms with Crippen LogP contribution in [0.15, 0.2) is 24.3 Å². The van der Waals surface area contributed by atoms with Crippen molar-refractivity contribution < 1.29 is 9.84 Å². The lowest BCUT2D eigenvalue weighted by Gasteiger charge is -2.21. The Bertz CT molecular complexity index is 335. The standard InChI is InChI=1S/C15H25NO2/c1-11(2)13-5-7-14(8-6-13)12(3)16-15(9-17)10-18-4/h5-8,11-12,15-17H,9-10H2,1-4H3. The molecule has 0 fully saturated rings. The largest absolute Gasteiger partial charge is 0.395 e. The average Bonchev–Trinajstić information content (AvgIpc) is 2.38. The van der Waals surface area contributed by atoms with E-state index in [1.54, 1.807) is 7.11 Å². The lowest BCUT2D eigenvalue weighted by molar-refractivity contribution is 0.123. The van der Waals surface area contributed by atoms with E-state index in [2.05, 4.69) is 50.4 Å². The summed E-state index contributed by atoms with van der Waals surface area (Å²) in [5.74, 6) is 0.556. The number of ether oxygens (including phenoxy) is 1. The maximum absolute atomic E-state index is 9.23. The second-order valence-corrected chi connectivity index (χ2v) is 5.04. The van der Waals surface area contributed by atoms with Crippen molar-refractivity contribution in [1.29, 1.82) is 0 Å². The first-order valence-electron chi connectivity index (χ1n) is 6.54. The molecule has 1 aromatic carbocycles. The van der Waals surface area contributed by atoms with Crippen LogP contribution in [0.4, 0.5) is 0 Å². The zero-order chi connectivity index (χ0) is 13.5. The monoisotopic (exact) mass is 251 g/mol. The first kappa shape index (κ1) is 15.2. The summed E-state index contributed by atoms with van der Waals surface area (Å²) in [6.45, 7) is 7.09. The zero-order valence-corrected chi connectivity index (χ0v) is 11.8. The van der Waals surface area contributed by atoms with Gasteiger partial charge >= 0.3 is 0 Å². The predicted molar refractivity (Wildman–Crippen MR) is 74.8 cm³/mol. The summed E-state index contributed by atoms with van der Waals surface area (Å²) in [5.41, 5.74) is 2.58. The quantitative estimate of drug-likeness (QED) is 0.782. The first-order chi connectivity index (χ1) is 8.58. The third-order valence-corrected chi connectivity index (χ3v) is 3.18. The zero-order valence-electron chi connectivity index (χ0n) is 11.8. The minimum Gasteiger partial charge on any atom is -0.395 e. The predicted octanol–water partition coefficient (Wildman–Crippen LogP) is 2.47. The van der Waals surface area contributed by atoms with Crippen molar-refractivity contribution >= 4 is 0 Å². The molecular formula is C15H25NO2. The highest BCUT2D eigenvalue weighted by molar-refractivity contribution is 5.26. The maximum atomic E-state index is 9.23. The van der Waals surface area contributed by atoms with Crippen LogP contribution in [0.2, 0.25) is 0 Å². The minimum absolute atomic E-state index is 0.0187. The molecule has 0 aliphatic heterocycles. The molecule has 1 aromatic rings. The molecule has 0 aliphatic rings. The number of methoxy groups -OCH3 is 1. The van der Waals surface area contributed by atoms with Crippen molar-refractivity contribution in [3.63, 3.8) is 0 Å². The lowest BCUT2D eigenvalue weighted by Crippen LogP contribution is -2.38. The summed E-state index contributed by atoms with van der Waals surface area (Å²) in [7, 11) is 1.65. The molecule has 2 unspecified atom stereocenters. The van der Waals surface area contributed by atoms with E-state index in [0.717, 1.165) is 0 Å². The highest BCUT2D eigenvalue weighted by atomic mass is 16.5. The summed E-state index contributed by atoms with van der Waals surface area (Å²) < 4.78 is 5.06. The fourth-order valence-electron chi connectivity index (χ4n) is 1.97. The fraction of sp³-hybridized carbons (Fsp3) is 0.600. The van der Waals surface area contributed by atoms with Crippen molar-refractivity contribution in [2.75, 3.05) is 20.3 Å². The molecular weight excluding hydrogens is 226 g/mol. The van der Waals surface area contributed by atoms with E-state index in [0.29, 0.717) is 12.5 Å². The van der Waals surface area contributed by atoms with Crippen LogP contribution in [0.25, 0.3) is 0 Å². The second kappa shape index (κ2) is 7.52. The van der Waals surface area contributed by atoms with Crippen LogP contribution in [0, 0.1) is 0 Å². The van der Waals surface area contributed by atoms with Crippen LogP contribution < -0.4 is 5.32 Å². The number of hydrogen-bond acceptors (Lipinski definition) is 3. The van der Waals surface area contributed by atoms with E-state index in [4.69, 9.17) is 4.74 Å². The Morgan fingerprint density at radius 3 is 2.11 bits per heavy atom. The number of rotatable bonds is 7. The molecule has 0 aliphatic carbocycles. The fourth-order valence-corrected chi connectivity index (χ4v) is 1.97. The van der Waals surface area contributed by atoms with Gasteiger partial charge in [0.2, 0.25) is 0 Å². The molecule has 0 spiro atoms. The third-order valence-electron chi connectivity index (χ3n) is 3.18. The molecule has 2 atom stereocenters. The van der Waals surface area contributed by atoms with E-state index in [1.165, 1.54) is 11.1 Å². The van der Waals surface area contributed by atoms with Gasteiger partial charge < -0.3 is 15.2 Å². The van der Waals surface area contributed by atoms with Gasteiger partial charge in [-0.05, 0) is 24.0 Å². The van der Waals surface area contributed by atoms with Gasteiger partial charge in [0.1, 0.15) is 0 Å².